The average molecular weight is 346 g/mol. The van der Waals surface area contributed by atoms with E-state index in [0.717, 1.165) is 15.7 Å². The van der Waals surface area contributed by atoms with Gasteiger partial charge in [-0.15, -0.1) is 10.2 Å². The van der Waals surface area contributed by atoms with Gasteiger partial charge in [0, 0.05) is 5.56 Å². The van der Waals surface area contributed by atoms with Gasteiger partial charge < -0.3 is 4.42 Å². The van der Waals surface area contributed by atoms with Gasteiger partial charge in [0.2, 0.25) is 11.0 Å². The Bertz CT molecular complexity index is 814. The smallest absolute Gasteiger partial charge is 0.279 e. The number of anilines is 1. The molecule has 0 aliphatic heterocycles. The molecular weight excluding hydrogens is 332 g/mol. The zero-order valence-electron chi connectivity index (χ0n) is 12.6. The van der Waals surface area contributed by atoms with Gasteiger partial charge in [0.05, 0.1) is 0 Å². The Labute approximate surface area is 141 Å². The molecule has 1 aromatic carbocycles. The molecule has 3 rings (SSSR count). The zero-order valence-corrected chi connectivity index (χ0v) is 14.2. The van der Waals surface area contributed by atoms with E-state index in [1.165, 1.54) is 11.3 Å². The lowest BCUT2D eigenvalue weighted by molar-refractivity contribution is 0.102. The first-order valence-corrected chi connectivity index (χ1v) is 8.78. The molecule has 0 bridgehead atoms. The molecule has 1 N–H and O–H groups in total. The number of thioether (sulfide) groups is 1. The standard InChI is InChI=1S/C15H14N4O2S2/c1-3-22-15-19-18-14(23-15)17-12(20)11-9(2)21-13(16-11)10-7-5-4-6-8-10/h4-8H,3H2,1-2H3,(H,17,18,20). The molecule has 1 amide bonds. The SMILES string of the molecule is CCSc1nnc(NC(=O)c2nc(-c3ccccc3)oc2C)s1. The van der Waals surface area contributed by atoms with Crippen LogP contribution in [0.3, 0.4) is 0 Å². The first-order valence-electron chi connectivity index (χ1n) is 6.98. The number of aromatic nitrogens is 3. The lowest BCUT2D eigenvalue weighted by atomic mass is 10.2. The third-order valence-electron chi connectivity index (χ3n) is 2.93. The largest absolute Gasteiger partial charge is 0.441 e. The van der Waals surface area contributed by atoms with Crippen molar-refractivity contribution < 1.29 is 9.21 Å². The molecule has 6 nitrogen and oxygen atoms in total. The predicted octanol–water partition coefficient (Wildman–Crippen LogP) is 3.87. The highest BCUT2D eigenvalue weighted by molar-refractivity contribution is 8.01. The highest BCUT2D eigenvalue weighted by Crippen LogP contribution is 2.26. The van der Waals surface area contributed by atoms with Crippen LogP contribution in [0.5, 0.6) is 0 Å². The molecule has 8 heteroatoms. The molecule has 118 valence electrons. The summed E-state index contributed by atoms with van der Waals surface area (Å²) in [5, 5.41) is 11.1. The summed E-state index contributed by atoms with van der Waals surface area (Å²) in [6.45, 7) is 3.75. The Hall–Kier alpha value is -2.19. The zero-order chi connectivity index (χ0) is 16.2. The Morgan fingerprint density at radius 1 is 1.30 bits per heavy atom. The monoisotopic (exact) mass is 346 g/mol. The lowest BCUT2D eigenvalue weighted by Crippen LogP contribution is -2.13. The number of aryl methyl sites for hydroxylation is 1. The maximum atomic E-state index is 12.3. The summed E-state index contributed by atoms with van der Waals surface area (Å²) >= 11 is 2.92. The molecule has 23 heavy (non-hydrogen) atoms. The van der Waals surface area contributed by atoms with Gasteiger partial charge in [-0.25, -0.2) is 4.98 Å². The van der Waals surface area contributed by atoms with Crippen molar-refractivity contribution >= 4 is 34.1 Å². The number of amides is 1. The van der Waals surface area contributed by atoms with Crippen LogP contribution in [0.1, 0.15) is 23.2 Å². The van der Waals surface area contributed by atoms with Gasteiger partial charge in [0.25, 0.3) is 5.91 Å². The predicted molar refractivity (Wildman–Crippen MR) is 90.9 cm³/mol. The van der Waals surface area contributed by atoms with Crippen molar-refractivity contribution in [2.75, 3.05) is 11.1 Å². The molecule has 2 aromatic heterocycles. The van der Waals surface area contributed by atoms with E-state index in [2.05, 4.69) is 20.5 Å². The fourth-order valence-corrected chi connectivity index (χ4v) is 3.55. The van der Waals surface area contributed by atoms with E-state index in [-0.39, 0.29) is 11.6 Å². The number of carbonyl (C=O) groups excluding carboxylic acids is 1. The Morgan fingerprint density at radius 3 is 2.83 bits per heavy atom. The molecule has 0 fully saturated rings. The number of hydrogen-bond donors (Lipinski definition) is 1. The normalized spacial score (nSPS) is 10.7. The molecular formula is C15H14N4O2S2. The van der Waals surface area contributed by atoms with Gasteiger partial charge in [-0.2, -0.15) is 0 Å². The highest BCUT2D eigenvalue weighted by atomic mass is 32.2. The van der Waals surface area contributed by atoms with Crippen molar-refractivity contribution in [1.82, 2.24) is 15.2 Å². The second-order valence-corrected chi connectivity index (χ2v) is 7.04. The molecule has 0 radical (unpaired) electrons. The molecule has 3 aromatic rings. The van der Waals surface area contributed by atoms with Crippen molar-refractivity contribution in [1.29, 1.82) is 0 Å². The number of rotatable bonds is 5. The molecule has 0 spiro atoms. The van der Waals surface area contributed by atoms with Crippen LogP contribution in [0.25, 0.3) is 11.5 Å². The van der Waals surface area contributed by atoms with Crippen LogP contribution in [0, 0.1) is 6.92 Å². The van der Waals surface area contributed by atoms with E-state index in [9.17, 15) is 4.79 Å². The maximum absolute atomic E-state index is 12.3. The minimum absolute atomic E-state index is 0.253. The number of nitrogens with one attached hydrogen (secondary N) is 1. The third kappa shape index (κ3) is 3.59. The van der Waals surface area contributed by atoms with Crippen LogP contribution >= 0.6 is 23.1 Å². The molecule has 0 aliphatic carbocycles. The van der Waals surface area contributed by atoms with Crippen LogP contribution in [0.15, 0.2) is 39.1 Å². The molecule has 2 heterocycles. The summed E-state index contributed by atoms with van der Waals surface area (Å²) < 4.78 is 6.42. The van der Waals surface area contributed by atoms with Crippen molar-refractivity contribution in [3.63, 3.8) is 0 Å². The molecule has 0 saturated heterocycles. The van der Waals surface area contributed by atoms with Crippen molar-refractivity contribution in [3.05, 3.63) is 41.8 Å². The molecule has 0 saturated carbocycles. The number of carbonyl (C=O) groups is 1. The van der Waals surface area contributed by atoms with Gasteiger partial charge >= 0.3 is 0 Å². The average Bonchev–Trinajstić information content (AvgIpc) is 3.15. The van der Waals surface area contributed by atoms with E-state index < -0.39 is 0 Å². The van der Waals surface area contributed by atoms with Crippen LogP contribution < -0.4 is 5.32 Å². The van der Waals surface area contributed by atoms with Crippen LogP contribution in [-0.4, -0.2) is 26.8 Å². The minimum atomic E-state index is -0.349. The Morgan fingerprint density at radius 2 is 2.09 bits per heavy atom. The highest BCUT2D eigenvalue weighted by Gasteiger charge is 2.19. The molecule has 0 unspecified atom stereocenters. The summed E-state index contributed by atoms with van der Waals surface area (Å²) in [6, 6.07) is 9.46. The fraction of sp³-hybridized carbons (Fsp3) is 0.200. The van der Waals surface area contributed by atoms with Crippen LogP contribution in [0.2, 0.25) is 0 Å². The van der Waals surface area contributed by atoms with Crippen LogP contribution in [-0.2, 0) is 0 Å². The number of nitrogens with zero attached hydrogens (tertiary/aromatic N) is 3. The Balaban J connectivity index is 1.78. The fourth-order valence-electron chi connectivity index (χ4n) is 1.91. The van der Waals surface area contributed by atoms with Crippen LogP contribution in [0.4, 0.5) is 5.13 Å². The van der Waals surface area contributed by atoms with Gasteiger partial charge in [0.15, 0.2) is 10.0 Å². The minimum Gasteiger partial charge on any atom is -0.441 e. The van der Waals surface area contributed by atoms with Gasteiger partial charge in [-0.3, -0.25) is 10.1 Å². The third-order valence-corrected chi connectivity index (χ3v) is 4.78. The summed E-state index contributed by atoms with van der Waals surface area (Å²) in [4.78, 5) is 16.6. The van der Waals surface area contributed by atoms with Crippen molar-refractivity contribution in [2.24, 2.45) is 0 Å². The van der Waals surface area contributed by atoms with Crippen molar-refractivity contribution in [2.45, 2.75) is 18.2 Å². The molecule has 0 atom stereocenters. The maximum Gasteiger partial charge on any atom is 0.279 e. The Kier molecular flexibility index (Phi) is 4.73. The van der Waals surface area contributed by atoms with E-state index in [0.29, 0.717) is 16.8 Å². The number of oxazole rings is 1. The van der Waals surface area contributed by atoms with E-state index >= 15 is 0 Å². The van der Waals surface area contributed by atoms with E-state index in [1.807, 2.05) is 37.3 Å². The number of hydrogen-bond acceptors (Lipinski definition) is 7. The number of benzene rings is 1. The second kappa shape index (κ2) is 6.93. The first-order chi connectivity index (χ1) is 11.2. The van der Waals surface area contributed by atoms with Gasteiger partial charge in [0.1, 0.15) is 5.76 Å². The first kappa shape index (κ1) is 15.7. The van der Waals surface area contributed by atoms with Gasteiger partial charge in [-0.1, -0.05) is 48.2 Å². The topological polar surface area (TPSA) is 80.9 Å². The lowest BCUT2D eigenvalue weighted by Gasteiger charge is -1.96. The quantitative estimate of drug-likeness (QED) is 0.558. The van der Waals surface area contributed by atoms with Gasteiger partial charge in [-0.05, 0) is 24.8 Å². The summed E-state index contributed by atoms with van der Waals surface area (Å²) in [7, 11) is 0. The summed E-state index contributed by atoms with van der Waals surface area (Å²) in [5.74, 6) is 1.45. The molecule has 0 aliphatic rings. The second-order valence-electron chi connectivity index (χ2n) is 4.55. The van der Waals surface area contributed by atoms with Crippen molar-refractivity contribution in [3.8, 4) is 11.5 Å². The summed E-state index contributed by atoms with van der Waals surface area (Å²) in [6.07, 6.45) is 0. The van der Waals surface area contributed by atoms with E-state index in [4.69, 9.17) is 4.42 Å². The summed E-state index contributed by atoms with van der Waals surface area (Å²) in [5.41, 5.74) is 1.08. The van der Waals surface area contributed by atoms with E-state index in [1.54, 1.807) is 18.7 Å².